The van der Waals surface area contributed by atoms with Gasteiger partial charge in [0.25, 0.3) is 5.91 Å². The Morgan fingerprint density at radius 2 is 2.08 bits per heavy atom. The zero-order valence-corrected chi connectivity index (χ0v) is 15.3. The lowest BCUT2D eigenvalue weighted by Gasteiger charge is -2.02. The Morgan fingerprint density at radius 1 is 1.29 bits per heavy atom. The third kappa shape index (κ3) is 3.08. The SMILES string of the molecule is CCc1nc(CCNC(=O)c2oc3c(C)cccc3c2C)sc1C. The fourth-order valence-corrected chi connectivity index (χ4v) is 3.91. The molecule has 0 aliphatic heterocycles. The van der Waals surface area contributed by atoms with Crippen molar-refractivity contribution in [3.05, 3.63) is 50.7 Å². The standard InChI is InChI=1S/C19H22N2O2S/c1-5-15-13(4)24-16(21-15)9-10-20-19(22)18-12(3)14-8-6-7-11(2)17(14)23-18/h6-8H,5,9-10H2,1-4H3,(H,20,22). The Hall–Kier alpha value is -2.14. The molecule has 0 fully saturated rings. The van der Waals surface area contributed by atoms with Crippen molar-refractivity contribution in [2.45, 2.75) is 40.5 Å². The Morgan fingerprint density at radius 3 is 2.75 bits per heavy atom. The highest BCUT2D eigenvalue weighted by atomic mass is 32.1. The molecule has 2 aromatic heterocycles. The largest absolute Gasteiger partial charge is 0.450 e. The molecule has 0 radical (unpaired) electrons. The summed E-state index contributed by atoms with van der Waals surface area (Å²) in [5, 5.41) is 5.02. The van der Waals surface area contributed by atoms with E-state index in [2.05, 4.69) is 24.1 Å². The topological polar surface area (TPSA) is 55.1 Å². The first-order chi connectivity index (χ1) is 11.5. The molecule has 0 aliphatic rings. The van der Waals surface area contributed by atoms with Gasteiger partial charge in [0.05, 0.1) is 10.7 Å². The molecule has 0 bridgehead atoms. The van der Waals surface area contributed by atoms with Crippen LogP contribution in [0.15, 0.2) is 22.6 Å². The van der Waals surface area contributed by atoms with Gasteiger partial charge < -0.3 is 9.73 Å². The minimum Gasteiger partial charge on any atom is -0.450 e. The molecule has 3 aromatic rings. The Bertz CT molecular complexity index is 892. The first-order valence-corrected chi connectivity index (χ1v) is 9.05. The zero-order chi connectivity index (χ0) is 17.3. The van der Waals surface area contributed by atoms with Crippen LogP contribution in [0.4, 0.5) is 0 Å². The highest BCUT2D eigenvalue weighted by Crippen LogP contribution is 2.27. The summed E-state index contributed by atoms with van der Waals surface area (Å²) in [6.45, 7) is 8.68. The number of aryl methyl sites for hydroxylation is 4. The number of hydrogen-bond donors (Lipinski definition) is 1. The molecule has 0 atom stereocenters. The van der Waals surface area contributed by atoms with Crippen molar-refractivity contribution in [2.24, 2.45) is 0 Å². The normalized spacial score (nSPS) is 11.2. The van der Waals surface area contributed by atoms with E-state index < -0.39 is 0 Å². The molecule has 0 aliphatic carbocycles. The van der Waals surface area contributed by atoms with Gasteiger partial charge in [-0.15, -0.1) is 11.3 Å². The number of rotatable bonds is 5. The van der Waals surface area contributed by atoms with E-state index in [0.29, 0.717) is 12.3 Å². The van der Waals surface area contributed by atoms with Crippen molar-refractivity contribution in [3.63, 3.8) is 0 Å². The number of nitrogens with zero attached hydrogens (tertiary/aromatic N) is 1. The zero-order valence-electron chi connectivity index (χ0n) is 14.5. The van der Waals surface area contributed by atoms with Crippen LogP contribution in [0.5, 0.6) is 0 Å². The average Bonchev–Trinajstić information content (AvgIpc) is 3.09. The maximum Gasteiger partial charge on any atom is 0.287 e. The highest BCUT2D eigenvalue weighted by molar-refractivity contribution is 7.11. The molecule has 0 saturated heterocycles. The number of fused-ring (bicyclic) bond motifs is 1. The number of furan rings is 1. The van der Waals surface area contributed by atoms with Crippen molar-refractivity contribution in [2.75, 3.05) is 6.54 Å². The lowest BCUT2D eigenvalue weighted by Crippen LogP contribution is -2.25. The molecule has 0 saturated carbocycles. The third-order valence-electron chi connectivity index (χ3n) is 4.26. The maximum absolute atomic E-state index is 12.4. The second kappa shape index (κ2) is 6.77. The quantitative estimate of drug-likeness (QED) is 0.750. The van der Waals surface area contributed by atoms with E-state index in [0.717, 1.165) is 45.6 Å². The maximum atomic E-state index is 12.4. The highest BCUT2D eigenvalue weighted by Gasteiger charge is 2.18. The van der Waals surface area contributed by atoms with E-state index in [1.165, 1.54) is 4.88 Å². The first-order valence-electron chi connectivity index (χ1n) is 8.23. The van der Waals surface area contributed by atoms with Crippen molar-refractivity contribution < 1.29 is 9.21 Å². The van der Waals surface area contributed by atoms with E-state index in [1.807, 2.05) is 32.0 Å². The number of carbonyl (C=O) groups excluding carboxylic acids is 1. The van der Waals surface area contributed by atoms with Gasteiger partial charge in [0.2, 0.25) is 0 Å². The summed E-state index contributed by atoms with van der Waals surface area (Å²) >= 11 is 1.71. The van der Waals surface area contributed by atoms with Crippen LogP contribution < -0.4 is 5.32 Å². The summed E-state index contributed by atoms with van der Waals surface area (Å²) in [6.07, 6.45) is 1.70. The number of thiazole rings is 1. The average molecular weight is 342 g/mol. The van der Waals surface area contributed by atoms with Gasteiger partial charge >= 0.3 is 0 Å². The molecule has 126 valence electrons. The molecular weight excluding hydrogens is 320 g/mol. The summed E-state index contributed by atoms with van der Waals surface area (Å²) in [7, 11) is 0. The van der Waals surface area contributed by atoms with Crippen LogP contribution in [-0.4, -0.2) is 17.4 Å². The molecule has 3 rings (SSSR count). The second-order valence-corrected chi connectivity index (χ2v) is 7.27. The van der Waals surface area contributed by atoms with Crippen molar-refractivity contribution in [3.8, 4) is 0 Å². The van der Waals surface area contributed by atoms with Crippen LogP contribution in [0.3, 0.4) is 0 Å². The van der Waals surface area contributed by atoms with Gasteiger partial charge in [-0.05, 0) is 32.8 Å². The number of benzene rings is 1. The predicted molar refractivity (Wildman–Crippen MR) is 98.0 cm³/mol. The first kappa shape index (κ1) is 16.7. The fourth-order valence-electron chi connectivity index (χ4n) is 2.89. The van der Waals surface area contributed by atoms with E-state index in [-0.39, 0.29) is 5.91 Å². The molecule has 0 unspecified atom stereocenters. The van der Waals surface area contributed by atoms with Gasteiger partial charge in [-0.25, -0.2) is 4.98 Å². The van der Waals surface area contributed by atoms with Gasteiger partial charge in [-0.2, -0.15) is 0 Å². The monoisotopic (exact) mass is 342 g/mol. The van der Waals surface area contributed by atoms with Crippen LogP contribution in [0.1, 0.15) is 44.2 Å². The van der Waals surface area contributed by atoms with Crippen LogP contribution in [0.25, 0.3) is 11.0 Å². The van der Waals surface area contributed by atoms with Crippen LogP contribution >= 0.6 is 11.3 Å². The minimum absolute atomic E-state index is 0.160. The van der Waals surface area contributed by atoms with Gasteiger partial charge in [-0.1, -0.05) is 25.1 Å². The number of carbonyl (C=O) groups is 1. The number of nitrogens with one attached hydrogen (secondary N) is 1. The molecule has 1 N–H and O–H groups in total. The summed E-state index contributed by atoms with van der Waals surface area (Å²) in [5.41, 5.74) is 3.89. The molecule has 5 heteroatoms. The molecule has 4 nitrogen and oxygen atoms in total. The molecule has 1 aromatic carbocycles. The molecule has 2 heterocycles. The molecule has 24 heavy (non-hydrogen) atoms. The number of hydrogen-bond acceptors (Lipinski definition) is 4. The molecular formula is C19H22N2O2S. The van der Waals surface area contributed by atoms with E-state index in [1.54, 1.807) is 11.3 Å². The minimum atomic E-state index is -0.160. The Kier molecular flexibility index (Phi) is 4.71. The van der Waals surface area contributed by atoms with Crippen molar-refractivity contribution in [1.29, 1.82) is 0 Å². The lowest BCUT2D eigenvalue weighted by atomic mass is 10.1. The second-order valence-electron chi connectivity index (χ2n) is 5.98. The number of para-hydroxylation sites is 1. The van der Waals surface area contributed by atoms with Crippen LogP contribution in [0, 0.1) is 20.8 Å². The van der Waals surface area contributed by atoms with Gasteiger partial charge in [0.1, 0.15) is 5.58 Å². The van der Waals surface area contributed by atoms with E-state index >= 15 is 0 Å². The number of amides is 1. The molecule has 1 amide bonds. The van der Waals surface area contributed by atoms with E-state index in [4.69, 9.17) is 4.42 Å². The summed E-state index contributed by atoms with van der Waals surface area (Å²) in [4.78, 5) is 18.3. The Balaban J connectivity index is 1.69. The third-order valence-corrected chi connectivity index (χ3v) is 5.34. The summed E-state index contributed by atoms with van der Waals surface area (Å²) in [5.74, 6) is 0.246. The summed E-state index contributed by atoms with van der Waals surface area (Å²) < 4.78 is 5.81. The predicted octanol–water partition coefficient (Wildman–Crippen LogP) is 4.35. The number of aromatic nitrogens is 1. The lowest BCUT2D eigenvalue weighted by molar-refractivity contribution is 0.0927. The molecule has 0 spiro atoms. The smallest absolute Gasteiger partial charge is 0.287 e. The Labute approximate surface area is 145 Å². The van der Waals surface area contributed by atoms with Gasteiger partial charge in [0.15, 0.2) is 5.76 Å². The summed E-state index contributed by atoms with van der Waals surface area (Å²) in [6, 6.07) is 5.96. The fraction of sp³-hybridized carbons (Fsp3) is 0.368. The van der Waals surface area contributed by atoms with Crippen molar-refractivity contribution in [1.82, 2.24) is 10.3 Å². The van der Waals surface area contributed by atoms with Crippen LogP contribution in [-0.2, 0) is 12.8 Å². The van der Waals surface area contributed by atoms with E-state index in [9.17, 15) is 4.79 Å². The van der Waals surface area contributed by atoms with Gasteiger partial charge in [0, 0.05) is 28.8 Å². The van der Waals surface area contributed by atoms with Crippen LogP contribution in [0.2, 0.25) is 0 Å². The van der Waals surface area contributed by atoms with Gasteiger partial charge in [-0.3, -0.25) is 4.79 Å². The van der Waals surface area contributed by atoms with Crippen molar-refractivity contribution >= 4 is 28.2 Å².